The fourth-order valence-electron chi connectivity index (χ4n) is 4.11. The minimum atomic E-state index is -3.76. The van der Waals surface area contributed by atoms with E-state index < -0.39 is 25.5 Å². The predicted octanol–water partition coefficient (Wildman–Crippen LogP) is 2.31. The molecule has 12 heteroatoms. The van der Waals surface area contributed by atoms with Crippen LogP contribution in [0.5, 0.6) is 0 Å². The third-order valence-corrected chi connectivity index (χ3v) is 9.44. The van der Waals surface area contributed by atoms with Gasteiger partial charge >= 0.3 is 0 Å². The lowest BCUT2D eigenvalue weighted by atomic mass is 9.83. The van der Waals surface area contributed by atoms with Gasteiger partial charge in [-0.05, 0) is 61.6 Å². The van der Waals surface area contributed by atoms with Crippen LogP contribution in [0.25, 0.3) is 0 Å². The average Bonchev–Trinajstić information content (AvgIpc) is 3.37. The van der Waals surface area contributed by atoms with Crippen molar-refractivity contribution in [3.63, 3.8) is 0 Å². The summed E-state index contributed by atoms with van der Waals surface area (Å²) >= 11 is 0. The molecule has 0 bridgehead atoms. The molecule has 3 rings (SSSR count). The number of nitrogens with zero attached hydrogens (tertiary/aromatic N) is 1. The van der Waals surface area contributed by atoms with Crippen LogP contribution >= 0.6 is 0 Å². The molecule has 0 saturated carbocycles. The maximum absolute atomic E-state index is 13.1. The second-order valence-corrected chi connectivity index (χ2v) is 13.4. The van der Waals surface area contributed by atoms with E-state index in [2.05, 4.69) is 21.9 Å². The number of hydrogen-bond acceptors (Lipinski definition) is 6. The van der Waals surface area contributed by atoms with Gasteiger partial charge in [0, 0.05) is 44.2 Å². The highest BCUT2D eigenvalue weighted by molar-refractivity contribution is 7.92. The SMILES string of the molecule is C=CS(=O)(=O)NCC1CCN(S(=O)(=O)c2ccc(C(C)(C)C(=O)NCc3ccc(NC(C)=O)cc3)cc2)C1. The van der Waals surface area contributed by atoms with E-state index in [1.807, 2.05) is 12.1 Å². The van der Waals surface area contributed by atoms with Gasteiger partial charge in [0.05, 0.1) is 10.3 Å². The number of carbonyl (C=O) groups is 2. The zero-order valence-electron chi connectivity index (χ0n) is 21.7. The predicted molar refractivity (Wildman–Crippen MR) is 146 cm³/mol. The Bertz CT molecular complexity index is 1390. The molecule has 0 radical (unpaired) electrons. The molecule has 1 atom stereocenters. The summed E-state index contributed by atoms with van der Waals surface area (Å²) in [7, 11) is -7.33. The first-order chi connectivity index (χ1) is 17.7. The van der Waals surface area contributed by atoms with E-state index >= 15 is 0 Å². The smallest absolute Gasteiger partial charge is 0.243 e. The summed E-state index contributed by atoms with van der Waals surface area (Å²) in [5.74, 6) is -0.517. The van der Waals surface area contributed by atoms with Crippen LogP contribution in [-0.4, -0.2) is 52.6 Å². The Hall–Kier alpha value is -3.06. The summed E-state index contributed by atoms with van der Waals surface area (Å²) in [5, 5.41) is 6.43. The van der Waals surface area contributed by atoms with Crippen LogP contribution in [0.1, 0.15) is 38.3 Å². The van der Waals surface area contributed by atoms with E-state index in [1.165, 1.54) is 23.4 Å². The summed E-state index contributed by atoms with van der Waals surface area (Å²) in [6.07, 6.45) is 0.542. The Kier molecular flexibility index (Phi) is 9.13. The van der Waals surface area contributed by atoms with Crippen molar-refractivity contribution in [2.45, 2.75) is 44.0 Å². The Morgan fingerprint density at radius 1 is 1.05 bits per heavy atom. The molecule has 0 aliphatic carbocycles. The lowest BCUT2D eigenvalue weighted by molar-refractivity contribution is -0.125. The summed E-state index contributed by atoms with van der Waals surface area (Å²) in [5.41, 5.74) is 1.28. The summed E-state index contributed by atoms with van der Waals surface area (Å²) in [4.78, 5) is 24.2. The molecule has 10 nitrogen and oxygen atoms in total. The van der Waals surface area contributed by atoms with Gasteiger partial charge in [0.2, 0.25) is 31.9 Å². The van der Waals surface area contributed by atoms with Crippen molar-refractivity contribution in [2.24, 2.45) is 5.92 Å². The Balaban J connectivity index is 1.61. The minimum absolute atomic E-state index is 0.115. The monoisotopic (exact) mass is 562 g/mol. The Morgan fingerprint density at radius 3 is 2.26 bits per heavy atom. The molecule has 2 aromatic carbocycles. The zero-order valence-corrected chi connectivity index (χ0v) is 23.4. The number of rotatable bonds is 11. The Morgan fingerprint density at radius 2 is 1.68 bits per heavy atom. The molecule has 3 N–H and O–H groups in total. The molecule has 1 saturated heterocycles. The van der Waals surface area contributed by atoms with Crippen molar-refractivity contribution < 1.29 is 26.4 Å². The van der Waals surface area contributed by atoms with Crippen LogP contribution in [0.15, 0.2) is 65.4 Å². The highest BCUT2D eigenvalue weighted by Crippen LogP contribution is 2.28. The molecular formula is C26H34N4O6S2. The van der Waals surface area contributed by atoms with Crippen LogP contribution < -0.4 is 15.4 Å². The fourth-order valence-corrected chi connectivity index (χ4v) is 6.23. The van der Waals surface area contributed by atoms with E-state index in [1.54, 1.807) is 38.1 Å². The molecule has 38 heavy (non-hydrogen) atoms. The van der Waals surface area contributed by atoms with Crippen molar-refractivity contribution in [1.29, 1.82) is 0 Å². The molecule has 1 heterocycles. The minimum Gasteiger partial charge on any atom is -0.351 e. The van der Waals surface area contributed by atoms with Gasteiger partial charge in [0.15, 0.2) is 0 Å². The summed E-state index contributed by atoms with van der Waals surface area (Å²) < 4.78 is 53.2. The lowest BCUT2D eigenvalue weighted by Crippen LogP contribution is -2.39. The normalized spacial score (nSPS) is 16.7. The highest BCUT2D eigenvalue weighted by Gasteiger charge is 2.34. The van der Waals surface area contributed by atoms with Crippen LogP contribution in [-0.2, 0) is 41.6 Å². The lowest BCUT2D eigenvalue weighted by Gasteiger charge is -2.25. The molecule has 2 aromatic rings. The molecule has 0 aromatic heterocycles. The first-order valence-electron chi connectivity index (χ1n) is 12.1. The molecule has 2 amide bonds. The second kappa shape index (κ2) is 11.8. The van der Waals surface area contributed by atoms with Crippen LogP contribution in [0.4, 0.5) is 5.69 Å². The van der Waals surface area contributed by atoms with Crippen molar-refractivity contribution in [3.05, 3.63) is 71.6 Å². The van der Waals surface area contributed by atoms with Crippen molar-refractivity contribution in [3.8, 4) is 0 Å². The standard InChI is InChI=1S/C26H34N4O6S2/c1-5-37(33,34)28-17-21-14-15-30(18-21)38(35,36)24-12-8-22(9-13-24)26(3,4)25(32)27-16-20-6-10-23(11-7-20)29-19(2)31/h5-13,21,28H,1,14-18H2,2-4H3,(H,27,32)(H,29,31). The fraction of sp³-hybridized carbons (Fsp3) is 0.385. The highest BCUT2D eigenvalue weighted by atomic mass is 32.2. The quantitative estimate of drug-likeness (QED) is 0.384. The largest absolute Gasteiger partial charge is 0.351 e. The van der Waals surface area contributed by atoms with Crippen LogP contribution in [0, 0.1) is 5.92 Å². The van der Waals surface area contributed by atoms with Gasteiger partial charge in [-0.2, -0.15) is 4.31 Å². The topological polar surface area (TPSA) is 142 Å². The number of hydrogen-bond donors (Lipinski definition) is 3. The number of nitrogens with one attached hydrogen (secondary N) is 3. The van der Waals surface area contributed by atoms with Gasteiger partial charge in [-0.25, -0.2) is 21.6 Å². The maximum atomic E-state index is 13.1. The van der Waals surface area contributed by atoms with Gasteiger partial charge < -0.3 is 10.6 Å². The summed E-state index contributed by atoms with van der Waals surface area (Å²) in [6.45, 7) is 9.16. The molecule has 1 aliphatic heterocycles. The van der Waals surface area contributed by atoms with Gasteiger partial charge in [0.1, 0.15) is 0 Å². The third kappa shape index (κ3) is 7.28. The zero-order chi connectivity index (χ0) is 28.1. The molecule has 1 unspecified atom stereocenters. The summed E-state index contributed by atoms with van der Waals surface area (Å²) in [6, 6.07) is 13.4. The van der Waals surface area contributed by atoms with E-state index in [4.69, 9.17) is 0 Å². The van der Waals surface area contributed by atoms with E-state index in [0.29, 0.717) is 30.8 Å². The number of benzene rings is 2. The maximum Gasteiger partial charge on any atom is 0.243 e. The average molecular weight is 563 g/mol. The number of sulfonamides is 2. The molecular weight excluding hydrogens is 528 g/mol. The van der Waals surface area contributed by atoms with Gasteiger partial charge in [-0.1, -0.05) is 30.8 Å². The van der Waals surface area contributed by atoms with Crippen LogP contribution in [0.2, 0.25) is 0 Å². The first-order valence-corrected chi connectivity index (χ1v) is 15.1. The molecule has 206 valence electrons. The molecule has 1 fully saturated rings. The molecule has 1 aliphatic rings. The number of amides is 2. The van der Waals surface area contributed by atoms with E-state index in [0.717, 1.165) is 11.0 Å². The Labute approximate surface area is 224 Å². The van der Waals surface area contributed by atoms with Gasteiger partial charge in [0.25, 0.3) is 0 Å². The van der Waals surface area contributed by atoms with Gasteiger partial charge in [-0.15, -0.1) is 0 Å². The first kappa shape index (κ1) is 29.5. The van der Waals surface area contributed by atoms with E-state index in [9.17, 15) is 26.4 Å². The number of carbonyl (C=O) groups excluding carboxylic acids is 2. The van der Waals surface area contributed by atoms with Crippen LogP contribution in [0.3, 0.4) is 0 Å². The van der Waals surface area contributed by atoms with Crippen molar-refractivity contribution in [2.75, 3.05) is 25.0 Å². The molecule has 0 spiro atoms. The second-order valence-electron chi connectivity index (χ2n) is 9.79. The van der Waals surface area contributed by atoms with Crippen molar-refractivity contribution >= 4 is 37.5 Å². The van der Waals surface area contributed by atoms with E-state index in [-0.39, 0.29) is 35.7 Å². The van der Waals surface area contributed by atoms with Gasteiger partial charge in [-0.3, -0.25) is 9.59 Å². The third-order valence-electron chi connectivity index (χ3n) is 6.55. The van der Waals surface area contributed by atoms with Crippen molar-refractivity contribution in [1.82, 2.24) is 14.3 Å². The number of anilines is 1.